The van der Waals surface area contributed by atoms with Crippen molar-refractivity contribution in [2.45, 2.75) is 72.6 Å². The van der Waals surface area contributed by atoms with E-state index in [9.17, 15) is 0 Å². The Morgan fingerprint density at radius 1 is 1.08 bits per heavy atom. The number of methoxy groups -OCH3 is 1. The molecule has 3 aromatic heterocycles. The van der Waals surface area contributed by atoms with E-state index in [2.05, 4.69) is 74.8 Å². The van der Waals surface area contributed by atoms with E-state index in [4.69, 9.17) is 9.84 Å². The second-order valence-corrected chi connectivity index (χ2v) is 11.8. The van der Waals surface area contributed by atoms with Gasteiger partial charge in [0, 0.05) is 28.6 Å². The molecule has 1 atom stereocenters. The Labute approximate surface area is 225 Å². The highest BCUT2D eigenvalue weighted by molar-refractivity contribution is 7.16. The van der Waals surface area contributed by atoms with E-state index in [1.54, 1.807) is 7.11 Å². The zero-order valence-electron chi connectivity index (χ0n) is 23.4. The maximum absolute atomic E-state index is 5.59. The minimum absolute atomic E-state index is 0.145. The number of hydrogen-bond acceptors (Lipinski definition) is 6. The number of unbranched alkanes of at least 4 members (excludes halogenated alkanes) is 1. The van der Waals surface area contributed by atoms with Gasteiger partial charge >= 0.3 is 0 Å². The van der Waals surface area contributed by atoms with E-state index < -0.39 is 0 Å². The molecule has 0 fully saturated rings. The van der Waals surface area contributed by atoms with Gasteiger partial charge in [-0.1, -0.05) is 66.0 Å². The smallest absolute Gasteiger partial charge is 0.189 e. The number of benzene rings is 1. The van der Waals surface area contributed by atoms with Gasteiger partial charge in [-0.05, 0) is 49.6 Å². The monoisotopic (exact) mass is 519 g/mol. The molecule has 1 aromatic carbocycles. The van der Waals surface area contributed by atoms with Crippen LogP contribution in [0.5, 0.6) is 5.75 Å². The Bertz CT molecular complexity index is 1370. The zero-order valence-corrected chi connectivity index (χ0v) is 24.2. The van der Waals surface area contributed by atoms with Crippen molar-refractivity contribution in [1.82, 2.24) is 19.8 Å². The molecule has 0 bridgehead atoms. The normalized spacial score (nSPS) is 13.4. The standard InChI is InChI=1S/C30H41N5OS/c1-8-11-14-21(9-2)20-34(10-3)26-18-17-22(37-26)19-24-27(30(4,5)6)33-35-28(31-32-29(24)35)23-15-12-13-16-25(23)36-7/h12-13,15-19,21H,8-11,14,20H2,1-7H3/b24-19-. The maximum atomic E-state index is 5.59. The van der Waals surface area contributed by atoms with Crippen LogP contribution in [0.15, 0.2) is 36.4 Å². The minimum atomic E-state index is -0.145. The van der Waals surface area contributed by atoms with Crippen molar-refractivity contribution in [3.05, 3.63) is 52.2 Å². The fourth-order valence-corrected chi connectivity index (χ4v) is 5.85. The molecule has 3 heterocycles. The molecule has 198 valence electrons. The van der Waals surface area contributed by atoms with Gasteiger partial charge in [-0.25, -0.2) is 0 Å². The van der Waals surface area contributed by atoms with E-state index in [0.717, 1.165) is 46.9 Å². The molecular formula is C30H41N5OS. The number of nitrogens with zero attached hydrogens (tertiary/aromatic N) is 5. The Morgan fingerprint density at radius 2 is 1.86 bits per heavy atom. The summed E-state index contributed by atoms with van der Waals surface area (Å²) in [7, 11) is 1.68. The summed E-state index contributed by atoms with van der Waals surface area (Å²) in [4.78, 5) is 3.74. The summed E-state index contributed by atoms with van der Waals surface area (Å²) in [5.74, 6) is 2.19. The number of thiophene rings is 1. The molecule has 0 aliphatic carbocycles. The highest BCUT2D eigenvalue weighted by Gasteiger charge is 2.25. The topological polar surface area (TPSA) is 55.6 Å². The van der Waals surface area contributed by atoms with Crippen LogP contribution in [0.1, 0.15) is 77.8 Å². The third kappa shape index (κ3) is 5.82. The molecule has 6 nitrogen and oxygen atoms in total. The highest BCUT2D eigenvalue weighted by atomic mass is 32.1. The van der Waals surface area contributed by atoms with E-state index in [1.807, 2.05) is 40.1 Å². The third-order valence-corrected chi connectivity index (χ3v) is 8.10. The predicted octanol–water partition coefficient (Wildman–Crippen LogP) is 6.75. The Balaban J connectivity index is 1.75. The van der Waals surface area contributed by atoms with Gasteiger partial charge in [-0.2, -0.15) is 9.61 Å². The number of aromatic nitrogens is 4. The van der Waals surface area contributed by atoms with Crippen LogP contribution in [0.2, 0.25) is 0 Å². The van der Waals surface area contributed by atoms with Gasteiger partial charge in [0.05, 0.1) is 23.4 Å². The van der Waals surface area contributed by atoms with Crippen molar-refractivity contribution in [3.63, 3.8) is 0 Å². The van der Waals surface area contributed by atoms with Crippen LogP contribution < -0.4 is 14.9 Å². The lowest BCUT2D eigenvalue weighted by molar-refractivity contribution is 0.416. The molecule has 4 rings (SSSR count). The van der Waals surface area contributed by atoms with Crippen molar-refractivity contribution in [2.24, 2.45) is 5.92 Å². The van der Waals surface area contributed by atoms with E-state index in [-0.39, 0.29) is 5.41 Å². The van der Waals surface area contributed by atoms with Crippen molar-refractivity contribution in [2.75, 3.05) is 25.1 Å². The van der Waals surface area contributed by atoms with Crippen LogP contribution in [-0.4, -0.2) is 40.0 Å². The summed E-state index contributed by atoms with van der Waals surface area (Å²) < 4.78 is 7.46. The summed E-state index contributed by atoms with van der Waals surface area (Å²) in [6, 6.07) is 12.4. The first-order chi connectivity index (χ1) is 17.8. The average Bonchev–Trinajstić information content (AvgIpc) is 3.61. The lowest BCUT2D eigenvalue weighted by atomic mass is 9.91. The van der Waals surface area contributed by atoms with Crippen molar-refractivity contribution in [1.29, 1.82) is 0 Å². The fraction of sp³-hybridized carbons (Fsp3) is 0.500. The van der Waals surface area contributed by atoms with Crippen LogP contribution >= 0.6 is 11.3 Å². The number of fused-ring (bicyclic) bond motifs is 1. The Morgan fingerprint density at radius 3 is 2.54 bits per heavy atom. The van der Waals surface area contributed by atoms with Gasteiger partial charge in [-0.3, -0.25) is 0 Å². The molecule has 4 aromatic rings. The summed E-state index contributed by atoms with van der Waals surface area (Å²) in [6.07, 6.45) is 7.35. The van der Waals surface area contributed by atoms with Crippen LogP contribution in [0.4, 0.5) is 5.00 Å². The van der Waals surface area contributed by atoms with Crippen LogP contribution in [0.25, 0.3) is 23.1 Å². The molecule has 7 heteroatoms. The van der Waals surface area contributed by atoms with Gasteiger partial charge in [-0.15, -0.1) is 21.5 Å². The summed E-state index contributed by atoms with van der Waals surface area (Å²) >= 11 is 1.84. The molecule has 0 radical (unpaired) electrons. The van der Waals surface area contributed by atoms with Gasteiger partial charge in [0.2, 0.25) is 0 Å². The molecule has 0 aliphatic rings. The van der Waals surface area contributed by atoms with Gasteiger partial charge in [0.15, 0.2) is 11.5 Å². The molecule has 0 aliphatic heterocycles. The third-order valence-electron chi connectivity index (χ3n) is 7.01. The maximum Gasteiger partial charge on any atom is 0.189 e. The van der Waals surface area contributed by atoms with Gasteiger partial charge in [0.25, 0.3) is 0 Å². The molecule has 0 saturated carbocycles. The van der Waals surface area contributed by atoms with E-state index >= 15 is 0 Å². The zero-order chi connectivity index (χ0) is 26.6. The van der Waals surface area contributed by atoms with Gasteiger partial charge < -0.3 is 9.64 Å². The van der Waals surface area contributed by atoms with Gasteiger partial charge in [0.1, 0.15) is 5.75 Å². The fourth-order valence-electron chi connectivity index (χ4n) is 4.82. The largest absolute Gasteiger partial charge is 0.496 e. The van der Waals surface area contributed by atoms with Crippen LogP contribution in [0.3, 0.4) is 0 Å². The molecule has 0 N–H and O–H groups in total. The quantitative estimate of drug-likeness (QED) is 0.219. The SMILES string of the molecule is CCCCC(CC)CN(CC)c1ccc(/C=c2/c(C(C)(C)C)nn3c(-c4ccccc4OC)nnc23)s1. The van der Waals surface area contributed by atoms with Crippen molar-refractivity contribution >= 4 is 28.1 Å². The molecule has 1 unspecified atom stereocenters. The molecule has 0 spiro atoms. The summed E-state index contributed by atoms with van der Waals surface area (Å²) in [6.45, 7) is 15.6. The van der Waals surface area contributed by atoms with Crippen LogP contribution in [0, 0.1) is 5.92 Å². The number of para-hydroxylation sites is 1. The Hall–Kier alpha value is -2.93. The molecular weight excluding hydrogens is 478 g/mol. The van der Waals surface area contributed by atoms with E-state index in [1.165, 1.54) is 35.6 Å². The number of anilines is 1. The average molecular weight is 520 g/mol. The molecule has 0 saturated heterocycles. The summed E-state index contributed by atoms with van der Waals surface area (Å²) in [5, 5.41) is 16.5. The predicted molar refractivity (Wildman–Crippen MR) is 156 cm³/mol. The lowest BCUT2D eigenvalue weighted by Crippen LogP contribution is -2.28. The number of rotatable bonds is 11. The Kier molecular flexibility index (Phi) is 8.53. The molecule has 37 heavy (non-hydrogen) atoms. The number of ether oxygens (including phenoxy) is 1. The van der Waals surface area contributed by atoms with Crippen LogP contribution in [-0.2, 0) is 5.41 Å². The second-order valence-electron chi connectivity index (χ2n) is 10.7. The number of hydrogen-bond donors (Lipinski definition) is 0. The minimum Gasteiger partial charge on any atom is -0.496 e. The second kappa shape index (κ2) is 11.6. The first-order valence-corrected chi connectivity index (χ1v) is 14.4. The van der Waals surface area contributed by atoms with Crippen molar-refractivity contribution in [3.8, 4) is 17.1 Å². The van der Waals surface area contributed by atoms with E-state index in [0.29, 0.717) is 5.82 Å². The molecule has 0 amide bonds. The highest BCUT2D eigenvalue weighted by Crippen LogP contribution is 2.31. The first kappa shape index (κ1) is 27.1. The summed E-state index contributed by atoms with van der Waals surface area (Å²) in [5.41, 5.74) is 2.53. The van der Waals surface area contributed by atoms with Crippen molar-refractivity contribution < 1.29 is 4.74 Å². The first-order valence-electron chi connectivity index (χ1n) is 13.6. The lowest BCUT2D eigenvalue weighted by Gasteiger charge is -2.26.